The summed E-state index contributed by atoms with van der Waals surface area (Å²) in [5.74, 6) is -1.41. The molecule has 0 aromatic carbocycles. The van der Waals surface area contributed by atoms with Crippen LogP contribution < -0.4 is 4.72 Å². The van der Waals surface area contributed by atoms with Crippen LogP contribution in [0.1, 0.15) is 25.5 Å². The number of nitriles is 1. The van der Waals surface area contributed by atoms with Crippen molar-refractivity contribution in [2.75, 3.05) is 0 Å². The van der Waals surface area contributed by atoms with Gasteiger partial charge in [-0.25, -0.2) is 8.42 Å². The van der Waals surface area contributed by atoms with E-state index in [-0.39, 0.29) is 12.2 Å². The largest absolute Gasteiger partial charge is 0.480 e. The molecule has 0 aliphatic heterocycles. The topological polar surface area (TPSA) is 120 Å². The van der Waals surface area contributed by atoms with Gasteiger partial charge in [-0.3, -0.25) is 4.79 Å². The summed E-state index contributed by atoms with van der Waals surface area (Å²) in [4.78, 5) is 10.8. The van der Waals surface area contributed by atoms with Crippen LogP contribution in [0.4, 0.5) is 0 Å². The molecular formula is C10H12N2O5S. The van der Waals surface area contributed by atoms with Crippen molar-refractivity contribution in [3.8, 4) is 6.07 Å². The highest BCUT2D eigenvalue weighted by molar-refractivity contribution is 7.89. The van der Waals surface area contributed by atoms with Crippen LogP contribution >= 0.6 is 0 Å². The van der Waals surface area contributed by atoms with Gasteiger partial charge in [0.1, 0.15) is 12.1 Å². The lowest BCUT2D eigenvalue weighted by atomic mass is 10.2. The summed E-state index contributed by atoms with van der Waals surface area (Å²) < 4.78 is 30.3. The molecule has 1 unspecified atom stereocenters. The Morgan fingerprint density at radius 2 is 2.28 bits per heavy atom. The molecule has 0 aliphatic rings. The molecule has 7 nitrogen and oxygen atoms in total. The van der Waals surface area contributed by atoms with Crippen molar-refractivity contribution in [3.05, 3.63) is 17.9 Å². The smallest absolute Gasteiger partial charge is 0.321 e. The Balaban J connectivity index is 2.93. The predicted octanol–water partition coefficient (Wildman–Crippen LogP) is 0.683. The first-order valence-electron chi connectivity index (χ1n) is 5.15. The van der Waals surface area contributed by atoms with E-state index < -0.39 is 27.1 Å². The normalized spacial score (nSPS) is 12.9. The number of carbonyl (C=O) groups is 1. The number of nitrogens with one attached hydrogen (secondary N) is 1. The highest BCUT2D eigenvalue weighted by Crippen LogP contribution is 2.14. The predicted molar refractivity (Wildman–Crippen MR) is 60.1 cm³/mol. The minimum Gasteiger partial charge on any atom is -0.480 e. The van der Waals surface area contributed by atoms with Crippen molar-refractivity contribution in [1.82, 2.24) is 4.72 Å². The van der Waals surface area contributed by atoms with Crippen molar-refractivity contribution in [3.63, 3.8) is 0 Å². The zero-order chi connectivity index (χ0) is 13.8. The van der Waals surface area contributed by atoms with Crippen LogP contribution in [0.5, 0.6) is 0 Å². The molecule has 0 aliphatic carbocycles. The second-order valence-corrected chi connectivity index (χ2v) is 5.18. The van der Waals surface area contributed by atoms with Crippen molar-refractivity contribution < 1.29 is 22.7 Å². The summed E-state index contributed by atoms with van der Waals surface area (Å²) in [5, 5.41) is 16.9. The maximum atomic E-state index is 11.8. The van der Waals surface area contributed by atoms with Gasteiger partial charge in [0.15, 0.2) is 0 Å². The Hall–Kier alpha value is -1.85. The Bertz CT molecular complexity index is 569. The van der Waals surface area contributed by atoms with Gasteiger partial charge >= 0.3 is 5.97 Å². The average molecular weight is 272 g/mol. The lowest BCUT2D eigenvalue weighted by Gasteiger charge is -2.12. The molecule has 2 N–H and O–H groups in total. The Kier molecular flexibility index (Phi) is 4.47. The van der Waals surface area contributed by atoms with Gasteiger partial charge in [-0.1, -0.05) is 13.3 Å². The minimum absolute atomic E-state index is 0.155. The molecule has 0 bridgehead atoms. The maximum Gasteiger partial charge on any atom is 0.321 e. The monoisotopic (exact) mass is 272 g/mol. The van der Waals surface area contributed by atoms with E-state index in [1.165, 1.54) is 6.07 Å². The molecule has 1 rings (SSSR count). The molecule has 0 amide bonds. The number of carboxylic acid groups (broad SMARTS) is 1. The molecule has 0 fully saturated rings. The van der Waals surface area contributed by atoms with Crippen LogP contribution in [0.2, 0.25) is 0 Å². The van der Waals surface area contributed by atoms with Crippen molar-refractivity contribution in [2.24, 2.45) is 0 Å². The zero-order valence-corrected chi connectivity index (χ0v) is 10.4. The Morgan fingerprint density at radius 1 is 1.61 bits per heavy atom. The second kappa shape index (κ2) is 5.66. The third-order valence-corrected chi connectivity index (χ3v) is 3.47. The second-order valence-electron chi connectivity index (χ2n) is 3.53. The van der Waals surface area contributed by atoms with E-state index in [2.05, 4.69) is 0 Å². The van der Waals surface area contributed by atoms with Crippen LogP contribution in [0.3, 0.4) is 0 Å². The molecular weight excluding hydrogens is 260 g/mol. The molecule has 98 valence electrons. The van der Waals surface area contributed by atoms with Crippen LogP contribution in [-0.4, -0.2) is 25.5 Å². The standard InChI is InChI=1S/C10H12N2O5S/c1-2-3-8(10(13)14)12-18(15,16)9-5-4-7(6-11)17-9/h4-5,8,12H,2-3H2,1H3,(H,13,14). The van der Waals surface area contributed by atoms with Gasteiger partial charge in [-0.15, -0.1) is 0 Å². The number of aliphatic carboxylic acids is 1. The van der Waals surface area contributed by atoms with Crippen LogP contribution in [-0.2, 0) is 14.8 Å². The first-order chi connectivity index (χ1) is 8.40. The summed E-state index contributed by atoms with van der Waals surface area (Å²) in [6.45, 7) is 1.74. The highest BCUT2D eigenvalue weighted by atomic mass is 32.2. The fourth-order valence-corrected chi connectivity index (χ4v) is 2.45. The van der Waals surface area contributed by atoms with Crippen molar-refractivity contribution in [2.45, 2.75) is 30.9 Å². The summed E-state index contributed by atoms with van der Waals surface area (Å²) in [6.07, 6.45) is 0.682. The number of rotatable bonds is 6. The van der Waals surface area contributed by atoms with Gasteiger partial charge in [-0.05, 0) is 18.6 Å². The molecule has 8 heteroatoms. The molecule has 0 radical (unpaired) electrons. The lowest BCUT2D eigenvalue weighted by Crippen LogP contribution is -2.40. The van der Waals surface area contributed by atoms with E-state index in [9.17, 15) is 13.2 Å². The third-order valence-electron chi connectivity index (χ3n) is 2.13. The van der Waals surface area contributed by atoms with E-state index in [0.29, 0.717) is 6.42 Å². The molecule has 1 atom stereocenters. The zero-order valence-electron chi connectivity index (χ0n) is 9.58. The van der Waals surface area contributed by atoms with Gasteiger partial charge in [0, 0.05) is 0 Å². The van der Waals surface area contributed by atoms with Gasteiger partial charge in [0.05, 0.1) is 0 Å². The Morgan fingerprint density at radius 3 is 2.72 bits per heavy atom. The number of nitrogens with zero attached hydrogens (tertiary/aromatic N) is 1. The molecule has 18 heavy (non-hydrogen) atoms. The van der Waals surface area contributed by atoms with Gasteiger partial charge in [0.2, 0.25) is 10.9 Å². The molecule has 0 saturated heterocycles. The summed E-state index contributed by atoms with van der Waals surface area (Å²) >= 11 is 0. The van der Waals surface area contributed by atoms with Crippen LogP contribution in [0.15, 0.2) is 21.6 Å². The number of furan rings is 1. The van der Waals surface area contributed by atoms with Gasteiger partial charge in [0.25, 0.3) is 10.0 Å². The van der Waals surface area contributed by atoms with E-state index in [1.54, 1.807) is 13.0 Å². The lowest BCUT2D eigenvalue weighted by molar-refractivity contribution is -0.139. The molecule has 1 heterocycles. The first kappa shape index (κ1) is 14.2. The summed E-state index contributed by atoms with van der Waals surface area (Å²) in [5.41, 5.74) is 0. The number of carboxylic acids is 1. The molecule has 0 spiro atoms. The number of sulfonamides is 1. The molecule has 1 aromatic rings. The highest BCUT2D eigenvalue weighted by Gasteiger charge is 2.26. The Labute approximate surface area is 104 Å². The quantitative estimate of drug-likeness (QED) is 0.785. The maximum absolute atomic E-state index is 11.8. The summed E-state index contributed by atoms with van der Waals surface area (Å²) in [7, 11) is -4.06. The SMILES string of the molecule is CCCC(NS(=O)(=O)c1ccc(C#N)o1)C(=O)O. The van der Waals surface area contributed by atoms with Crippen LogP contribution in [0, 0.1) is 11.3 Å². The van der Waals surface area contributed by atoms with E-state index >= 15 is 0 Å². The number of hydrogen-bond donors (Lipinski definition) is 2. The third kappa shape index (κ3) is 3.32. The van der Waals surface area contributed by atoms with Gasteiger partial charge in [-0.2, -0.15) is 9.98 Å². The van der Waals surface area contributed by atoms with Crippen molar-refractivity contribution >= 4 is 16.0 Å². The fourth-order valence-electron chi connectivity index (χ4n) is 1.29. The van der Waals surface area contributed by atoms with Gasteiger partial charge < -0.3 is 9.52 Å². The van der Waals surface area contributed by atoms with E-state index in [0.717, 1.165) is 6.07 Å². The first-order valence-corrected chi connectivity index (χ1v) is 6.64. The average Bonchev–Trinajstić information content (AvgIpc) is 2.77. The minimum atomic E-state index is -4.06. The molecule has 1 aromatic heterocycles. The van der Waals surface area contributed by atoms with E-state index in [1.807, 2.05) is 4.72 Å². The van der Waals surface area contributed by atoms with Crippen LogP contribution in [0.25, 0.3) is 0 Å². The van der Waals surface area contributed by atoms with E-state index in [4.69, 9.17) is 14.8 Å². The van der Waals surface area contributed by atoms with Crippen molar-refractivity contribution in [1.29, 1.82) is 5.26 Å². The molecule has 0 saturated carbocycles. The summed E-state index contributed by atoms with van der Waals surface area (Å²) in [6, 6.07) is 2.73. The fraction of sp³-hybridized carbons (Fsp3) is 0.400. The number of hydrogen-bond acceptors (Lipinski definition) is 5.